The predicted octanol–water partition coefficient (Wildman–Crippen LogP) is 6.84. The van der Waals surface area contributed by atoms with Gasteiger partial charge >= 0.3 is 12.1 Å². The Labute approximate surface area is 178 Å². The molecular weight excluding hydrogens is 419 g/mol. The Morgan fingerprint density at radius 3 is 2.39 bits per heavy atom. The summed E-state index contributed by atoms with van der Waals surface area (Å²) in [5.74, 6) is -3.17. The molecule has 0 saturated heterocycles. The smallest absolute Gasteiger partial charge is 0.415 e. The molecule has 0 spiro atoms. The minimum absolute atomic E-state index is 0.00790. The van der Waals surface area contributed by atoms with E-state index in [4.69, 9.17) is 4.74 Å². The maximum Gasteiger partial charge on any atom is 0.415 e. The second-order valence-electron chi connectivity index (χ2n) is 7.30. The molecule has 2 rings (SSSR count). The fourth-order valence-electron chi connectivity index (χ4n) is 2.94. The summed E-state index contributed by atoms with van der Waals surface area (Å²) < 4.78 is 79.5. The van der Waals surface area contributed by atoms with Gasteiger partial charge in [-0.05, 0) is 62.4 Å². The van der Waals surface area contributed by atoms with Gasteiger partial charge in [0.05, 0.1) is 19.1 Å². The highest BCUT2D eigenvalue weighted by Gasteiger charge is 2.32. The molecule has 0 aliphatic heterocycles. The Hall–Kier alpha value is -2.64. The van der Waals surface area contributed by atoms with Crippen LogP contribution in [0.4, 0.5) is 22.0 Å². The average molecular weight is 444 g/mol. The summed E-state index contributed by atoms with van der Waals surface area (Å²) in [6.07, 6.45) is -3.71. The molecular formula is C23H25F5O3. The molecule has 0 atom stereocenters. The number of carbonyl (C=O) groups is 1. The molecule has 0 amide bonds. The van der Waals surface area contributed by atoms with Gasteiger partial charge in [-0.1, -0.05) is 12.6 Å². The van der Waals surface area contributed by atoms with Gasteiger partial charge in [-0.2, -0.15) is 13.2 Å². The van der Waals surface area contributed by atoms with Crippen molar-refractivity contribution < 1.29 is 36.2 Å². The van der Waals surface area contributed by atoms with Crippen molar-refractivity contribution in [1.82, 2.24) is 0 Å². The predicted molar refractivity (Wildman–Crippen MR) is 108 cm³/mol. The lowest BCUT2D eigenvalue weighted by atomic mass is 9.92. The number of ether oxygens (including phenoxy) is 2. The van der Waals surface area contributed by atoms with Gasteiger partial charge in [-0.15, -0.1) is 0 Å². The Morgan fingerprint density at radius 1 is 1.19 bits per heavy atom. The third-order valence-corrected chi connectivity index (χ3v) is 4.72. The van der Waals surface area contributed by atoms with Crippen molar-refractivity contribution in [2.45, 2.75) is 58.7 Å². The molecule has 0 unspecified atom stereocenters. The Morgan fingerprint density at radius 2 is 1.84 bits per heavy atom. The normalized spacial score (nSPS) is 15.4. The van der Waals surface area contributed by atoms with Crippen LogP contribution in [0.1, 0.15) is 49.3 Å². The molecule has 0 heterocycles. The third kappa shape index (κ3) is 6.67. The molecule has 3 nitrogen and oxygen atoms in total. The average Bonchev–Trinajstić information content (AvgIpc) is 3.50. The number of alkyl halides is 3. The van der Waals surface area contributed by atoms with Gasteiger partial charge in [-0.3, -0.25) is 4.79 Å². The zero-order valence-corrected chi connectivity index (χ0v) is 17.7. The van der Waals surface area contributed by atoms with Crippen LogP contribution in [0.25, 0.3) is 5.57 Å². The summed E-state index contributed by atoms with van der Waals surface area (Å²) in [6, 6.07) is 3.23. The molecule has 0 N–H and O–H groups in total. The number of esters is 1. The first-order chi connectivity index (χ1) is 14.5. The SMILES string of the molecule is C=C(/C=C(\C(F)=C(/F)CCC(=O)OCC)c1c(C)ccc(OC2CC2)c1C)C(F)(F)F. The van der Waals surface area contributed by atoms with Crippen LogP contribution < -0.4 is 4.74 Å². The summed E-state index contributed by atoms with van der Waals surface area (Å²) in [7, 11) is 0. The van der Waals surface area contributed by atoms with Crippen LogP contribution in [0, 0.1) is 13.8 Å². The van der Waals surface area contributed by atoms with Crippen molar-refractivity contribution in [3.8, 4) is 5.75 Å². The minimum Gasteiger partial charge on any atom is -0.490 e. The fourth-order valence-corrected chi connectivity index (χ4v) is 2.94. The summed E-state index contributed by atoms with van der Waals surface area (Å²) in [6.45, 7) is 7.76. The van der Waals surface area contributed by atoms with Crippen molar-refractivity contribution in [3.63, 3.8) is 0 Å². The van der Waals surface area contributed by atoms with Gasteiger partial charge in [-0.25, -0.2) is 8.78 Å². The van der Waals surface area contributed by atoms with Gasteiger partial charge in [0.25, 0.3) is 0 Å². The molecule has 1 fully saturated rings. The Bertz CT molecular complexity index is 909. The van der Waals surface area contributed by atoms with Crippen LogP contribution in [0.5, 0.6) is 5.75 Å². The topological polar surface area (TPSA) is 35.5 Å². The third-order valence-electron chi connectivity index (χ3n) is 4.72. The van der Waals surface area contributed by atoms with E-state index in [2.05, 4.69) is 11.3 Å². The van der Waals surface area contributed by atoms with E-state index in [1.54, 1.807) is 32.9 Å². The molecule has 1 aromatic carbocycles. The van der Waals surface area contributed by atoms with E-state index in [-0.39, 0.29) is 18.3 Å². The zero-order valence-electron chi connectivity index (χ0n) is 17.7. The summed E-state index contributed by atoms with van der Waals surface area (Å²) in [4.78, 5) is 11.5. The highest BCUT2D eigenvalue weighted by molar-refractivity contribution is 5.84. The molecule has 8 heteroatoms. The van der Waals surface area contributed by atoms with Crippen LogP contribution in [-0.4, -0.2) is 24.9 Å². The van der Waals surface area contributed by atoms with E-state index in [0.717, 1.165) is 12.8 Å². The van der Waals surface area contributed by atoms with E-state index in [9.17, 15) is 22.4 Å². The monoisotopic (exact) mass is 444 g/mol. The first-order valence-corrected chi connectivity index (χ1v) is 9.90. The van der Waals surface area contributed by atoms with Crippen LogP contribution in [0.3, 0.4) is 0 Å². The number of aryl methyl sites for hydroxylation is 1. The number of rotatable bonds is 9. The van der Waals surface area contributed by atoms with E-state index in [0.29, 0.717) is 23.0 Å². The van der Waals surface area contributed by atoms with E-state index >= 15 is 4.39 Å². The molecule has 31 heavy (non-hydrogen) atoms. The number of hydrogen-bond acceptors (Lipinski definition) is 3. The number of hydrogen-bond donors (Lipinski definition) is 0. The standard InChI is InChI=1S/C23H25F5O3/c1-5-30-20(29)11-9-18(24)22(25)17(12-14(3)23(26,27)28)21-13(2)6-10-19(15(21)4)31-16-7-8-16/h6,10,12,16H,3,5,7-9,11H2,1-2,4H3/b17-12-,22-18+. The van der Waals surface area contributed by atoms with Crippen LogP contribution in [0.15, 0.2) is 42.0 Å². The summed E-state index contributed by atoms with van der Waals surface area (Å²) in [5, 5.41) is 0. The molecule has 0 aromatic heterocycles. The fraction of sp³-hybridized carbons (Fsp3) is 0.435. The van der Waals surface area contributed by atoms with Crippen molar-refractivity contribution in [1.29, 1.82) is 0 Å². The van der Waals surface area contributed by atoms with Crippen molar-refractivity contribution in [2.75, 3.05) is 6.61 Å². The van der Waals surface area contributed by atoms with Crippen LogP contribution >= 0.6 is 0 Å². The summed E-state index contributed by atoms with van der Waals surface area (Å²) >= 11 is 0. The van der Waals surface area contributed by atoms with Gasteiger partial charge in [0, 0.05) is 17.6 Å². The highest BCUT2D eigenvalue weighted by Crippen LogP contribution is 2.40. The molecule has 0 bridgehead atoms. The van der Waals surface area contributed by atoms with Gasteiger partial charge < -0.3 is 9.47 Å². The van der Waals surface area contributed by atoms with Crippen molar-refractivity contribution >= 4 is 11.5 Å². The first kappa shape index (κ1) is 24.6. The lowest BCUT2D eigenvalue weighted by Gasteiger charge is -2.18. The molecule has 1 saturated carbocycles. The van der Waals surface area contributed by atoms with Gasteiger partial charge in [0.15, 0.2) is 5.83 Å². The summed E-state index contributed by atoms with van der Waals surface area (Å²) in [5.41, 5.74) is -1.01. The minimum atomic E-state index is -4.82. The quantitative estimate of drug-likeness (QED) is 0.238. The van der Waals surface area contributed by atoms with Gasteiger partial charge in [0.2, 0.25) is 0 Å². The second-order valence-corrected chi connectivity index (χ2v) is 7.30. The first-order valence-electron chi connectivity index (χ1n) is 9.90. The maximum atomic E-state index is 15.1. The second kappa shape index (κ2) is 10.1. The Balaban J connectivity index is 2.54. The van der Waals surface area contributed by atoms with Gasteiger partial charge in [0.1, 0.15) is 11.6 Å². The van der Waals surface area contributed by atoms with Crippen LogP contribution in [-0.2, 0) is 9.53 Å². The lowest BCUT2D eigenvalue weighted by Crippen LogP contribution is -2.10. The molecule has 170 valence electrons. The highest BCUT2D eigenvalue weighted by atomic mass is 19.4. The van der Waals surface area contributed by atoms with E-state index in [1.807, 2.05) is 0 Å². The van der Waals surface area contributed by atoms with E-state index in [1.165, 1.54) is 0 Å². The maximum absolute atomic E-state index is 15.1. The van der Waals surface area contributed by atoms with Crippen molar-refractivity contribution in [3.05, 3.63) is 58.7 Å². The van der Waals surface area contributed by atoms with Crippen molar-refractivity contribution in [2.24, 2.45) is 0 Å². The number of carbonyl (C=O) groups excluding carboxylic acids is 1. The molecule has 1 aliphatic rings. The lowest BCUT2D eigenvalue weighted by molar-refractivity contribution is -0.143. The molecule has 1 aliphatic carbocycles. The largest absolute Gasteiger partial charge is 0.490 e. The number of halogens is 5. The number of benzene rings is 1. The molecule has 0 radical (unpaired) electrons. The van der Waals surface area contributed by atoms with Crippen LogP contribution in [0.2, 0.25) is 0 Å². The number of allylic oxidation sites excluding steroid dienone is 5. The Kier molecular flexibility index (Phi) is 8.03. The van der Waals surface area contributed by atoms with E-state index < -0.39 is 47.8 Å². The molecule has 1 aromatic rings. The zero-order chi connectivity index (χ0) is 23.3.